The number of hydrogen-bond donors (Lipinski definition) is 0. The van der Waals surface area contributed by atoms with E-state index in [2.05, 4.69) is 6.08 Å². The summed E-state index contributed by atoms with van der Waals surface area (Å²) in [6, 6.07) is 0. The average Bonchev–Trinajstić information content (AvgIpc) is 2.25. The molecule has 0 saturated heterocycles. The smallest absolute Gasteiger partial charge is 0.158 e. The highest BCUT2D eigenvalue weighted by atomic mass is 16.1. The molecule has 0 aromatic carbocycles. The normalized spacial score (nSPS) is 39.8. The minimum Gasteiger partial charge on any atom is -0.295 e. The van der Waals surface area contributed by atoms with E-state index >= 15 is 0 Å². The van der Waals surface area contributed by atoms with Crippen molar-refractivity contribution < 1.29 is 4.79 Å². The third-order valence-electron chi connectivity index (χ3n) is 2.41. The molecule has 2 aliphatic rings. The predicted molar refractivity (Wildman–Crippen MR) is 35.0 cm³/mol. The molecule has 2 bridgehead atoms. The van der Waals surface area contributed by atoms with Crippen LogP contribution in [0, 0.1) is 11.8 Å². The van der Waals surface area contributed by atoms with Crippen LogP contribution in [0.1, 0.15) is 19.3 Å². The van der Waals surface area contributed by atoms with Crippen LogP contribution in [-0.4, -0.2) is 5.78 Å². The molecule has 1 fully saturated rings. The molecule has 1 nitrogen and oxygen atoms in total. The van der Waals surface area contributed by atoms with Crippen molar-refractivity contribution in [1.29, 1.82) is 0 Å². The van der Waals surface area contributed by atoms with Gasteiger partial charge in [0, 0.05) is 5.92 Å². The maximum Gasteiger partial charge on any atom is 0.158 e. The second kappa shape index (κ2) is 1.69. The van der Waals surface area contributed by atoms with Gasteiger partial charge in [-0.25, -0.2) is 0 Å². The van der Waals surface area contributed by atoms with E-state index in [-0.39, 0.29) is 0 Å². The third kappa shape index (κ3) is 0.716. The highest BCUT2D eigenvalue weighted by Gasteiger charge is 2.30. The van der Waals surface area contributed by atoms with Crippen LogP contribution in [0.2, 0.25) is 0 Å². The monoisotopic (exact) mass is 122 g/mol. The summed E-state index contributed by atoms with van der Waals surface area (Å²) < 4.78 is 0. The Kier molecular flexibility index (Phi) is 0.981. The highest BCUT2D eigenvalue weighted by Crippen LogP contribution is 2.35. The van der Waals surface area contributed by atoms with Crippen molar-refractivity contribution in [2.24, 2.45) is 11.8 Å². The predicted octanol–water partition coefficient (Wildman–Crippen LogP) is 1.54. The topological polar surface area (TPSA) is 17.1 Å². The Hall–Kier alpha value is -0.590. The van der Waals surface area contributed by atoms with E-state index in [1.807, 2.05) is 0 Å². The van der Waals surface area contributed by atoms with Gasteiger partial charge >= 0.3 is 0 Å². The van der Waals surface area contributed by atoms with E-state index in [0.29, 0.717) is 11.7 Å². The molecule has 48 valence electrons. The number of fused-ring (bicyclic) bond motifs is 2. The van der Waals surface area contributed by atoms with Gasteiger partial charge in [0.1, 0.15) is 0 Å². The van der Waals surface area contributed by atoms with Crippen molar-refractivity contribution in [3.8, 4) is 0 Å². The first-order valence-electron chi connectivity index (χ1n) is 3.58. The Balaban J connectivity index is 2.29. The van der Waals surface area contributed by atoms with Crippen molar-refractivity contribution in [3.05, 3.63) is 12.2 Å². The van der Waals surface area contributed by atoms with Crippen LogP contribution in [-0.2, 0) is 4.79 Å². The number of ketones is 1. The molecule has 0 aliphatic heterocycles. The van der Waals surface area contributed by atoms with Gasteiger partial charge in [-0.2, -0.15) is 0 Å². The molecule has 0 heterocycles. The van der Waals surface area contributed by atoms with Gasteiger partial charge in [-0.3, -0.25) is 4.79 Å². The molecule has 1 saturated carbocycles. The van der Waals surface area contributed by atoms with Gasteiger partial charge in [-0.05, 0) is 31.3 Å². The summed E-state index contributed by atoms with van der Waals surface area (Å²) in [7, 11) is 0. The second-order valence-electron chi connectivity index (χ2n) is 3.03. The largest absolute Gasteiger partial charge is 0.295 e. The number of rotatable bonds is 0. The summed E-state index contributed by atoms with van der Waals surface area (Å²) in [5.41, 5.74) is 0. The van der Waals surface area contributed by atoms with Crippen LogP contribution < -0.4 is 0 Å². The molecule has 2 rings (SSSR count). The lowest BCUT2D eigenvalue weighted by atomic mass is 9.95. The van der Waals surface area contributed by atoms with Crippen molar-refractivity contribution >= 4 is 5.78 Å². The highest BCUT2D eigenvalue weighted by molar-refractivity contribution is 5.92. The summed E-state index contributed by atoms with van der Waals surface area (Å²) in [5.74, 6) is 1.51. The lowest BCUT2D eigenvalue weighted by molar-refractivity contribution is -0.118. The lowest BCUT2D eigenvalue weighted by Crippen LogP contribution is -2.11. The zero-order chi connectivity index (χ0) is 6.27. The molecule has 0 spiro atoms. The van der Waals surface area contributed by atoms with Gasteiger partial charge in [-0.15, -0.1) is 0 Å². The fourth-order valence-corrected chi connectivity index (χ4v) is 1.82. The summed E-state index contributed by atoms with van der Waals surface area (Å²) in [4.78, 5) is 11.0. The molecule has 2 unspecified atom stereocenters. The van der Waals surface area contributed by atoms with E-state index in [9.17, 15) is 4.79 Å². The first-order valence-corrected chi connectivity index (χ1v) is 3.58. The molecule has 0 aromatic rings. The minimum atomic E-state index is 0.365. The fraction of sp³-hybridized carbons (Fsp3) is 0.625. The van der Waals surface area contributed by atoms with Crippen LogP contribution in [0.3, 0.4) is 0 Å². The van der Waals surface area contributed by atoms with Crippen LogP contribution in [0.5, 0.6) is 0 Å². The number of hydrogen-bond acceptors (Lipinski definition) is 1. The average molecular weight is 122 g/mol. The summed E-state index contributed by atoms with van der Waals surface area (Å²) in [5, 5.41) is 0. The van der Waals surface area contributed by atoms with Gasteiger partial charge in [-0.1, -0.05) is 6.08 Å². The number of carbonyl (C=O) groups is 1. The van der Waals surface area contributed by atoms with Crippen LogP contribution in [0.25, 0.3) is 0 Å². The second-order valence-corrected chi connectivity index (χ2v) is 3.03. The van der Waals surface area contributed by atoms with E-state index in [0.717, 1.165) is 18.8 Å². The van der Waals surface area contributed by atoms with Crippen molar-refractivity contribution in [2.75, 3.05) is 0 Å². The first-order chi connectivity index (χ1) is 4.36. The third-order valence-corrected chi connectivity index (χ3v) is 2.41. The zero-order valence-corrected chi connectivity index (χ0v) is 5.34. The molecule has 0 N–H and O–H groups in total. The van der Waals surface area contributed by atoms with Crippen LogP contribution >= 0.6 is 0 Å². The van der Waals surface area contributed by atoms with E-state index in [4.69, 9.17) is 0 Å². The summed E-state index contributed by atoms with van der Waals surface area (Å²) in [6.07, 6.45) is 7.36. The number of carbonyl (C=O) groups excluding carboxylic acids is 1. The zero-order valence-electron chi connectivity index (χ0n) is 5.34. The molecule has 0 radical (unpaired) electrons. The molecule has 9 heavy (non-hydrogen) atoms. The van der Waals surface area contributed by atoms with Crippen LogP contribution in [0.4, 0.5) is 0 Å². The van der Waals surface area contributed by atoms with Crippen LogP contribution in [0.15, 0.2) is 12.2 Å². The van der Waals surface area contributed by atoms with Crippen molar-refractivity contribution in [1.82, 2.24) is 0 Å². The van der Waals surface area contributed by atoms with Gasteiger partial charge in [0.2, 0.25) is 0 Å². The van der Waals surface area contributed by atoms with Crippen molar-refractivity contribution in [3.63, 3.8) is 0 Å². The Labute approximate surface area is 54.8 Å². The quantitative estimate of drug-likeness (QED) is 0.476. The van der Waals surface area contributed by atoms with E-state index in [1.54, 1.807) is 6.08 Å². The summed E-state index contributed by atoms with van der Waals surface area (Å²) >= 11 is 0. The molecule has 2 atom stereocenters. The van der Waals surface area contributed by atoms with Crippen molar-refractivity contribution in [2.45, 2.75) is 19.3 Å². The molecule has 1 heteroatoms. The SMILES string of the molecule is O=C1C=CC2CCC1C2. The molecule has 0 amide bonds. The first kappa shape index (κ1) is 5.21. The van der Waals surface area contributed by atoms with Gasteiger partial charge in [0.05, 0.1) is 0 Å². The lowest BCUT2D eigenvalue weighted by Gasteiger charge is -2.09. The van der Waals surface area contributed by atoms with Gasteiger partial charge in [0.25, 0.3) is 0 Å². The summed E-state index contributed by atoms with van der Waals surface area (Å²) in [6.45, 7) is 0. The fourth-order valence-electron chi connectivity index (χ4n) is 1.82. The Bertz CT molecular complexity index is 169. The van der Waals surface area contributed by atoms with Gasteiger partial charge in [0.15, 0.2) is 5.78 Å². The molecular formula is C8H10O. The Morgan fingerprint density at radius 1 is 1.44 bits per heavy atom. The standard InChI is InChI=1S/C8H10O/c9-8-4-2-6-1-3-7(8)5-6/h2,4,6-7H,1,3,5H2. The maximum absolute atomic E-state index is 11.0. The molecular weight excluding hydrogens is 112 g/mol. The molecule has 2 aliphatic carbocycles. The minimum absolute atomic E-state index is 0.365. The Morgan fingerprint density at radius 2 is 2.33 bits per heavy atom. The Morgan fingerprint density at radius 3 is 3.11 bits per heavy atom. The maximum atomic E-state index is 11.0. The van der Waals surface area contributed by atoms with Gasteiger partial charge < -0.3 is 0 Å². The van der Waals surface area contributed by atoms with E-state index in [1.165, 1.54) is 6.42 Å². The molecule has 0 aromatic heterocycles. The number of allylic oxidation sites excluding steroid dienone is 2. The van der Waals surface area contributed by atoms with E-state index < -0.39 is 0 Å².